The molecule has 1 aliphatic heterocycles. The molecule has 1 aliphatic rings. The van der Waals surface area contributed by atoms with E-state index in [4.69, 9.17) is 5.73 Å². The fourth-order valence-electron chi connectivity index (χ4n) is 2.69. The zero-order valence-electron chi connectivity index (χ0n) is 11.3. The predicted octanol–water partition coefficient (Wildman–Crippen LogP) is 2.76. The highest BCUT2D eigenvalue weighted by Gasteiger charge is 2.24. The zero-order chi connectivity index (χ0) is 13.0. The number of nitrogens with zero attached hydrogens (tertiary/aromatic N) is 1. The van der Waals surface area contributed by atoms with Gasteiger partial charge in [0.05, 0.1) is 0 Å². The Bertz CT molecular complexity index is 385. The maximum absolute atomic E-state index is 5.80. The van der Waals surface area contributed by atoms with Gasteiger partial charge in [0.25, 0.3) is 0 Å². The van der Waals surface area contributed by atoms with Gasteiger partial charge < -0.3 is 5.73 Å². The van der Waals surface area contributed by atoms with Gasteiger partial charge in [-0.25, -0.2) is 0 Å². The van der Waals surface area contributed by atoms with Crippen molar-refractivity contribution in [1.29, 1.82) is 0 Å². The van der Waals surface area contributed by atoms with E-state index < -0.39 is 0 Å². The van der Waals surface area contributed by atoms with Crippen molar-refractivity contribution in [2.75, 3.05) is 19.6 Å². The van der Waals surface area contributed by atoms with Crippen molar-refractivity contribution in [3.8, 4) is 0 Å². The lowest BCUT2D eigenvalue weighted by Crippen LogP contribution is -2.44. The summed E-state index contributed by atoms with van der Waals surface area (Å²) in [5.74, 6) is 0.657. The van der Waals surface area contributed by atoms with E-state index in [1.807, 2.05) is 6.07 Å². The fraction of sp³-hybridized carbons (Fsp3) is 0.500. The Morgan fingerprint density at radius 3 is 2.72 bits per heavy atom. The molecule has 0 spiro atoms. The van der Waals surface area contributed by atoms with Gasteiger partial charge in [0.15, 0.2) is 0 Å². The van der Waals surface area contributed by atoms with E-state index in [0.29, 0.717) is 12.0 Å². The lowest BCUT2D eigenvalue weighted by atomic mass is 9.92. The Hall–Kier alpha value is -1.12. The summed E-state index contributed by atoms with van der Waals surface area (Å²) in [6.07, 6.45) is 2.52. The first kappa shape index (κ1) is 13.3. The smallest absolute Gasteiger partial charge is 0.0236 e. The third kappa shape index (κ3) is 3.21. The summed E-state index contributed by atoms with van der Waals surface area (Å²) in [6, 6.07) is 11.1. The van der Waals surface area contributed by atoms with Gasteiger partial charge in [-0.2, -0.15) is 0 Å². The Labute approximate surface area is 110 Å². The van der Waals surface area contributed by atoms with Crippen LogP contribution in [0.15, 0.2) is 36.9 Å². The molecular weight excluding hydrogens is 220 g/mol. The van der Waals surface area contributed by atoms with E-state index in [0.717, 1.165) is 19.6 Å². The minimum absolute atomic E-state index is 0.647. The quantitative estimate of drug-likeness (QED) is 0.882. The highest BCUT2D eigenvalue weighted by Crippen LogP contribution is 2.24. The molecule has 2 N–H and O–H groups in total. The van der Waals surface area contributed by atoms with E-state index in [1.54, 1.807) is 0 Å². The third-order valence-electron chi connectivity index (χ3n) is 4.02. The number of piperidine rings is 1. The summed E-state index contributed by atoms with van der Waals surface area (Å²) in [4.78, 5) is 2.52. The van der Waals surface area contributed by atoms with E-state index in [1.165, 1.54) is 24.0 Å². The lowest BCUT2D eigenvalue weighted by molar-refractivity contribution is 0.138. The molecule has 0 aliphatic carbocycles. The highest BCUT2D eigenvalue weighted by molar-refractivity contribution is 5.64. The van der Waals surface area contributed by atoms with Crippen LogP contribution in [0, 0.1) is 5.92 Å². The average Bonchev–Trinajstić information content (AvgIpc) is 2.42. The van der Waals surface area contributed by atoms with Crippen LogP contribution in [-0.2, 0) is 0 Å². The van der Waals surface area contributed by atoms with Gasteiger partial charge in [0.2, 0.25) is 0 Å². The molecule has 1 aromatic carbocycles. The summed E-state index contributed by atoms with van der Waals surface area (Å²) < 4.78 is 0. The minimum Gasteiger partial charge on any atom is -0.330 e. The van der Waals surface area contributed by atoms with Gasteiger partial charge in [0.1, 0.15) is 0 Å². The van der Waals surface area contributed by atoms with Crippen LogP contribution in [0.25, 0.3) is 5.57 Å². The number of nitrogens with two attached hydrogens (primary N) is 1. The number of benzene rings is 1. The van der Waals surface area contributed by atoms with Gasteiger partial charge in [-0.1, -0.05) is 36.9 Å². The summed E-state index contributed by atoms with van der Waals surface area (Å²) >= 11 is 0. The molecule has 1 aromatic rings. The van der Waals surface area contributed by atoms with Crippen LogP contribution < -0.4 is 5.73 Å². The maximum Gasteiger partial charge on any atom is 0.0236 e. The molecule has 2 rings (SSSR count). The van der Waals surface area contributed by atoms with Gasteiger partial charge in [0, 0.05) is 19.1 Å². The van der Waals surface area contributed by atoms with Crippen molar-refractivity contribution < 1.29 is 0 Å². The van der Waals surface area contributed by atoms with Crippen molar-refractivity contribution in [3.63, 3.8) is 0 Å². The van der Waals surface area contributed by atoms with Crippen LogP contribution in [0.1, 0.15) is 25.3 Å². The van der Waals surface area contributed by atoms with Crippen LogP contribution in [0.3, 0.4) is 0 Å². The molecule has 0 aromatic heterocycles. The molecule has 0 radical (unpaired) electrons. The van der Waals surface area contributed by atoms with Crippen LogP contribution in [0.4, 0.5) is 0 Å². The van der Waals surface area contributed by atoms with Crippen LogP contribution in [0.2, 0.25) is 0 Å². The van der Waals surface area contributed by atoms with E-state index >= 15 is 0 Å². The molecule has 2 unspecified atom stereocenters. The van der Waals surface area contributed by atoms with Gasteiger partial charge >= 0.3 is 0 Å². The minimum atomic E-state index is 0.647. The average molecular weight is 244 g/mol. The van der Waals surface area contributed by atoms with Gasteiger partial charge in [-0.15, -0.1) is 0 Å². The SMILES string of the molecule is C=C(CN1CC(CN)CCC1C)c1ccccc1. The van der Waals surface area contributed by atoms with Crippen LogP contribution >= 0.6 is 0 Å². The molecule has 98 valence electrons. The topological polar surface area (TPSA) is 29.3 Å². The highest BCUT2D eigenvalue weighted by atomic mass is 15.2. The zero-order valence-corrected chi connectivity index (χ0v) is 11.3. The number of hydrogen-bond acceptors (Lipinski definition) is 2. The molecule has 18 heavy (non-hydrogen) atoms. The molecule has 1 heterocycles. The summed E-state index contributed by atoms with van der Waals surface area (Å²) in [7, 11) is 0. The van der Waals surface area contributed by atoms with Crippen LogP contribution in [-0.4, -0.2) is 30.6 Å². The van der Waals surface area contributed by atoms with Crippen molar-refractivity contribution in [2.45, 2.75) is 25.8 Å². The number of rotatable bonds is 4. The standard InChI is InChI=1S/C16H24N2/c1-13(16-6-4-3-5-7-16)11-18-12-15(10-17)9-8-14(18)2/h3-7,14-15H,1,8-12,17H2,2H3. The molecule has 0 saturated carbocycles. The van der Waals surface area contributed by atoms with Crippen molar-refractivity contribution in [1.82, 2.24) is 4.90 Å². The number of likely N-dealkylation sites (tertiary alicyclic amines) is 1. The third-order valence-corrected chi connectivity index (χ3v) is 4.02. The second-order valence-corrected chi connectivity index (χ2v) is 5.43. The van der Waals surface area contributed by atoms with Crippen molar-refractivity contribution >= 4 is 5.57 Å². The van der Waals surface area contributed by atoms with Gasteiger partial charge in [-0.05, 0) is 43.4 Å². The molecule has 0 amide bonds. The van der Waals surface area contributed by atoms with Gasteiger partial charge in [-0.3, -0.25) is 4.90 Å². The summed E-state index contributed by atoms with van der Waals surface area (Å²) in [5.41, 5.74) is 8.26. The first-order chi connectivity index (χ1) is 8.70. The lowest BCUT2D eigenvalue weighted by Gasteiger charge is -2.38. The second kappa shape index (κ2) is 6.17. The first-order valence-corrected chi connectivity index (χ1v) is 6.88. The summed E-state index contributed by atoms with van der Waals surface area (Å²) in [6.45, 7) is 9.42. The summed E-state index contributed by atoms with van der Waals surface area (Å²) in [5, 5.41) is 0. The molecule has 0 bridgehead atoms. The molecular formula is C16H24N2. The maximum atomic E-state index is 5.80. The molecule has 2 heteroatoms. The van der Waals surface area contributed by atoms with Crippen LogP contribution in [0.5, 0.6) is 0 Å². The van der Waals surface area contributed by atoms with E-state index in [-0.39, 0.29) is 0 Å². The Morgan fingerprint density at radius 1 is 1.33 bits per heavy atom. The molecule has 1 saturated heterocycles. The largest absolute Gasteiger partial charge is 0.330 e. The molecule has 2 nitrogen and oxygen atoms in total. The van der Waals surface area contributed by atoms with E-state index in [9.17, 15) is 0 Å². The van der Waals surface area contributed by atoms with Crippen molar-refractivity contribution in [3.05, 3.63) is 42.5 Å². The van der Waals surface area contributed by atoms with E-state index in [2.05, 4.69) is 42.7 Å². The molecule has 2 atom stereocenters. The predicted molar refractivity (Wildman–Crippen MR) is 78.3 cm³/mol. The Kier molecular flexibility index (Phi) is 4.56. The molecule has 1 fully saturated rings. The normalized spacial score (nSPS) is 25.0. The fourth-order valence-corrected chi connectivity index (χ4v) is 2.69. The number of hydrogen-bond donors (Lipinski definition) is 1. The Balaban J connectivity index is 1.97. The first-order valence-electron chi connectivity index (χ1n) is 6.88. The van der Waals surface area contributed by atoms with Crippen molar-refractivity contribution in [2.24, 2.45) is 11.7 Å². The second-order valence-electron chi connectivity index (χ2n) is 5.43. The Morgan fingerprint density at radius 2 is 2.06 bits per heavy atom. The monoisotopic (exact) mass is 244 g/mol.